The van der Waals surface area contributed by atoms with Crippen LogP contribution in [0, 0.1) is 5.82 Å². The average molecular weight is 288 g/mol. The van der Waals surface area contributed by atoms with Gasteiger partial charge < -0.3 is 15.7 Å². The van der Waals surface area contributed by atoms with Crippen LogP contribution in [0.4, 0.5) is 4.39 Å². The predicted molar refractivity (Wildman–Crippen MR) is 78.2 cm³/mol. The smallest absolute Gasteiger partial charge is 0.257 e. The lowest BCUT2D eigenvalue weighted by Gasteiger charge is -2.18. The zero-order valence-electron chi connectivity index (χ0n) is 11.7. The predicted octanol–water partition coefficient (Wildman–Crippen LogP) is 2.26. The quantitative estimate of drug-likeness (QED) is 0.907. The molecule has 0 atom stereocenters. The van der Waals surface area contributed by atoms with E-state index in [9.17, 15) is 14.3 Å². The molecule has 0 aliphatic carbocycles. The van der Waals surface area contributed by atoms with Gasteiger partial charge in [0.25, 0.3) is 5.91 Å². The van der Waals surface area contributed by atoms with E-state index in [4.69, 9.17) is 5.73 Å². The molecule has 0 radical (unpaired) electrons. The summed E-state index contributed by atoms with van der Waals surface area (Å²) >= 11 is 0. The molecule has 0 aromatic heterocycles. The van der Waals surface area contributed by atoms with Crippen LogP contribution in [0.2, 0.25) is 0 Å². The number of halogens is 1. The number of benzene rings is 2. The van der Waals surface area contributed by atoms with E-state index in [-0.39, 0.29) is 11.3 Å². The van der Waals surface area contributed by atoms with Crippen molar-refractivity contribution in [1.29, 1.82) is 0 Å². The number of phenolic OH excluding ortho intramolecular Hbond substituents is 1. The zero-order valence-corrected chi connectivity index (χ0v) is 11.7. The lowest BCUT2D eigenvalue weighted by molar-refractivity contribution is 0.0781. The number of hydrogen-bond acceptors (Lipinski definition) is 3. The molecule has 0 fully saturated rings. The van der Waals surface area contributed by atoms with Crippen molar-refractivity contribution >= 4 is 5.91 Å². The van der Waals surface area contributed by atoms with Gasteiger partial charge in [0.15, 0.2) is 0 Å². The van der Waals surface area contributed by atoms with Crippen LogP contribution in [0.25, 0.3) is 0 Å². The van der Waals surface area contributed by atoms with Crippen LogP contribution in [-0.2, 0) is 13.1 Å². The number of hydrogen-bond donors (Lipinski definition) is 2. The molecule has 4 nitrogen and oxygen atoms in total. The molecule has 5 heteroatoms. The highest BCUT2D eigenvalue weighted by atomic mass is 19.1. The van der Waals surface area contributed by atoms with E-state index in [1.807, 2.05) is 24.3 Å². The second-order valence-corrected chi connectivity index (χ2v) is 4.85. The zero-order chi connectivity index (χ0) is 15.4. The Balaban J connectivity index is 2.17. The number of aromatic hydroxyl groups is 1. The topological polar surface area (TPSA) is 66.6 Å². The van der Waals surface area contributed by atoms with Crippen molar-refractivity contribution in [2.45, 2.75) is 13.1 Å². The van der Waals surface area contributed by atoms with Crippen LogP contribution in [0.3, 0.4) is 0 Å². The van der Waals surface area contributed by atoms with Crippen molar-refractivity contribution in [1.82, 2.24) is 4.90 Å². The third-order valence-electron chi connectivity index (χ3n) is 3.18. The lowest BCUT2D eigenvalue weighted by atomic mass is 10.1. The Labute approximate surface area is 122 Å². The van der Waals surface area contributed by atoms with Gasteiger partial charge in [0.2, 0.25) is 0 Å². The first-order chi connectivity index (χ1) is 10.0. The molecule has 0 saturated carbocycles. The lowest BCUT2D eigenvalue weighted by Crippen LogP contribution is -2.26. The summed E-state index contributed by atoms with van der Waals surface area (Å²) in [5.74, 6) is -1.23. The van der Waals surface area contributed by atoms with Gasteiger partial charge >= 0.3 is 0 Å². The first kappa shape index (κ1) is 15.0. The Morgan fingerprint density at radius 2 is 1.95 bits per heavy atom. The molecule has 2 rings (SSSR count). The molecule has 2 aromatic rings. The van der Waals surface area contributed by atoms with Crippen molar-refractivity contribution in [2.75, 3.05) is 7.05 Å². The standard InChI is InChI=1S/C16H17FN2O2/c1-19(10-12-4-2-3-11(7-12)9-18)16(21)14-8-13(17)5-6-15(14)20/h2-8,20H,9-10,18H2,1H3. The number of carbonyl (C=O) groups excluding carboxylic acids is 1. The van der Waals surface area contributed by atoms with Gasteiger partial charge in [-0.2, -0.15) is 0 Å². The van der Waals surface area contributed by atoms with Crippen molar-refractivity contribution < 1.29 is 14.3 Å². The Kier molecular flexibility index (Phi) is 4.55. The van der Waals surface area contributed by atoms with Gasteiger partial charge in [-0.25, -0.2) is 4.39 Å². The largest absolute Gasteiger partial charge is 0.507 e. The van der Waals surface area contributed by atoms with Gasteiger partial charge in [0.1, 0.15) is 11.6 Å². The molecule has 21 heavy (non-hydrogen) atoms. The Morgan fingerprint density at radius 3 is 2.67 bits per heavy atom. The Hall–Kier alpha value is -2.40. The number of nitrogens with zero attached hydrogens (tertiary/aromatic N) is 1. The molecule has 110 valence electrons. The Morgan fingerprint density at radius 1 is 1.24 bits per heavy atom. The number of phenols is 1. The maximum absolute atomic E-state index is 13.2. The summed E-state index contributed by atoms with van der Waals surface area (Å²) in [5, 5.41) is 9.67. The summed E-state index contributed by atoms with van der Waals surface area (Å²) in [4.78, 5) is 13.7. The second kappa shape index (κ2) is 6.37. The number of nitrogens with two attached hydrogens (primary N) is 1. The first-order valence-corrected chi connectivity index (χ1v) is 6.53. The minimum absolute atomic E-state index is 0.0486. The molecule has 0 aliphatic heterocycles. The molecule has 0 saturated heterocycles. The van der Waals surface area contributed by atoms with Crippen LogP contribution < -0.4 is 5.73 Å². The van der Waals surface area contributed by atoms with Crippen molar-refractivity contribution in [3.05, 3.63) is 65.0 Å². The fourth-order valence-corrected chi connectivity index (χ4v) is 2.09. The summed E-state index contributed by atoms with van der Waals surface area (Å²) in [6.07, 6.45) is 0. The third kappa shape index (κ3) is 3.58. The molecule has 0 aliphatic rings. The summed E-state index contributed by atoms with van der Waals surface area (Å²) in [6.45, 7) is 0.777. The molecule has 3 N–H and O–H groups in total. The van der Waals surface area contributed by atoms with Crippen LogP contribution in [0.5, 0.6) is 5.75 Å². The highest BCUT2D eigenvalue weighted by molar-refractivity contribution is 5.96. The van der Waals surface area contributed by atoms with Gasteiger partial charge in [-0.1, -0.05) is 24.3 Å². The fourth-order valence-electron chi connectivity index (χ4n) is 2.09. The minimum atomic E-state index is -0.560. The van der Waals surface area contributed by atoms with Crippen LogP contribution >= 0.6 is 0 Å². The van der Waals surface area contributed by atoms with Crippen LogP contribution in [-0.4, -0.2) is 23.0 Å². The van der Waals surface area contributed by atoms with Crippen molar-refractivity contribution in [3.8, 4) is 5.75 Å². The molecule has 0 bridgehead atoms. The van der Waals surface area contributed by atoms with E-state index < -0.39 is 11.7 Å². The van der Waals surface area contributed by atoms with Crippen molar-refractivity contribution in [2.24, 2.45) is 5.73 Å². The second-order valence-electron chi connectivity index (χ2n) is 4.85. The van der Waals surface area contributed by atoms with E-state index in [0.717, 1.165) is 23.3 Å². The average Bonchev–Trinajstić information content (AvgIpc) is 2.49. The van der Waals surface area contributed by atoms with E-state index >= 15 is 0 Å². The summed E-state index contributed by atoms with van der Waals surface area (Å²) in [5.41, 5.74) is 7.43. The van der Waals surface area contributed by atoms with Gasteiger partial charge in [-0.05, 0) is 29.3 Å². The van der Waals surface area contributed by atoms with Gasteiger partial charge in [-0.15, -0.1) is 0 Å². The maximum Gasteiger partial charge on any atom is 0.257 e. The van der Waals surface area contributed by atoms with Crippen LogP contribution in [0.1, 0.15) is 21.5 Å². The molecular formula is C16H17FN2O2. The SMILES string of the molecule is CN(Cc1cccc(CN)c1)C(=O)c1cc(F)ccc1O. The van der Waals surface area contributed by atoms with E-state index in [2.05, 4.69) is 0 Å². The Bertz CT molecular complexity index is 658. The molecule has 2 aromatic carbocycles. The number of rotatable bonds is 4. The molecular weight excluding hydrogens is 271 g/mol. The van der Waals surface area contributed by atoms with Gasteiger partial charge in [0.05, 0.1) is 5.56 Å². The summed E-state index contributed by atoms with van der Waals surface area (Å²) < 4.78 is 13.2. The summed E-state index contributed by atoms with van der Waals surface area (Å²) in [7, 11) is 1.60. The monoisotopic (exact) mass is 288 g/mol. The highest BCUT2D eigenvalue weighted by Crippen LogP contribution is 2.20. The highest BCUT2D eigenvalue weighted by Gasteiger charge is 2.17. The van der Waals surface area contributed by atoms with E-state index in [1.165, 1.54) is 11.0 Å². The number of amides is 1. The van der Waals surface area contributed by atoms with E-state index in [0.29, 0.717) is 13.1 Å². The normalized spacial score (nSPS) is 10.4. The third-order valence-corrected chi connectivity index (χ3v) is 3.18. The number of carbonyl (C=O) groups is 1. The van der Waals surface area contributed by atoms with Crippen molar-refractivity contribution in [3.63, 3.8) is 0 Å². The van der Waals surface area contributed by atoms with Gasteiger partial charge in [0, 0.05) is 20.1 Å². The maximum atomic E-state index is 13.2. The fraction of sp³-hybridized carbons (Fsp3) is 0.188. The van der Waals surface area contributed by atoms with Gasteiger partial charge in [-0.3, -0.25) is 4.79 Å². The van der Waals surface area contributed by atoms with Crippen LogP contribution in [0.15, 0.2) is 42.5 Å². The molecule has 0 spiro atoms. The summed E-state index contributed by atoms with van der Waals surface area (Å²) in [6, 6.07) is 10.9. The molecule has 0 unspecified atom stereocenters. The minimum Gasteiger partial charge on any atom is -0.507 e. The molecule has 1 amide bonds. The molecule has 0 heterocycles. The first-order valence-electron chi connectivity index (χ1n) is 6.53. The van der Waals surface area contributed by atoms with E-state index in [1.54, 1.807) is 7.05 Å².